The summed E-state index contributed by atoms with van der Waals surface area (Å²) in [5.74, 6) is -0.239. The number of guanidine groups is 1. The largest absolute Gasteiger partial charge is 0.319 e. The molecule has 0 bridgehead atoms. The predicted molar refractivity (Wildman–Crippen MR) is 43.2 cm³/mol. The van der Waals surface area contributed by atoms with Crippen molar-refractivity contribution in [1.29, 1.82) is 5.26 Å². The maximum atomic E-state index is 11.1. The first-order chi connectivity index (χ1) is 6.24. The third-order valence-corrected chi connectivity index (χ3v) is 1.29. The second-order valence-corrected chi connectivity index (χ2v) is 2.28. The zero-order chi connectivity index (χ0) is 9.68. The number of nitrogens with two attached hydrogens (primary N) is 1. The zero-order valence-electron chi connectivity index (χ0n) is 6.66. The number of carbonyl (C=O) groups is 1. The van der Waals surface area contributed by atoms with Crippen molar-refractivity contribution < 1.29 is 4.79 Å². The Morgan fingerprint density at radius 2 is 2.62 bits per heavy atom. The van der Waals surface area contributed by atoms with E-state index in [1.807, 2.05) is 0 Å². The van der Waals surface area contributed by atoms with Gasteiger partial charge in [-0.2, -0.15) is 5.26 Å². The standard InChI is InChI=1S/C5H9N7O/c6-2-1-3(7)4(13)8-5-9-11-12-10-5/h3,11-12H,1,7H2,(H2,8,9,10,13)/t3-/m0/s1. The van der Waals surface area contributed by atoms with Crippen LogP contribution in [0.1, 0.15) is 6.42 Å². The van der Waals surface area contributed by atoms with E-state index in [9.17, 15) is 4.79 Å². The van der Waals surface area contributed by atoms with Crippen molar-refractivity contribution in [2.75, 3.05) is 0 Å². The van der Waals surface area contributed by atoms with Gasteiger partial charge in [0.1, 0.15) is 0 Å². The SMILES string of the molecule is N#CC[C@H](N)C(=O)NC1=NNNN1. The molecule has 0 radical (unpaired) electrons. The van der Waals surface area contributed by atoms with Gasteiger partial charge < -0.3 is 5.73 Å². The van der Waals surface area contributed by atoms with E-state index in [4.69, 9.17) is 11.0 Å². The molecule has 0 unspecified atom stereocenters. The number of nitrogens with one attached hydrogen (secondary N) is 4. The van der Waals surface area contributed by atoms with Gasteiger partial charge in [-0.05, 0) is 0 Å². The summed E-state index contributed by atoms with van der Waals surface area (Å²) in [6.45, 7) is 0. The zero-order valence-corrected chi connectivity index (χ0v) is 6.66. The van der Waals surface area contributed by atoms with E-state index in [1.54, 1.807) is 6.07 Å². The first kappa shape index (κ1) is 9.24. The molecule has 1 rings (SSSR count). The molecule has 1 atom stereocenters. The number of carbonyl (C=O) groups excluding carboxylic acids is 1. The molecule has 0 aromatic carbocycles. The lowest BCUT2D eigenvalue weighted by Gasteiger charge is -2.07. The normalized spacial score (nSPS) is 16.2. The van der Waals surface area contributed by atoms with Crippen molar-refractivity contribution in [2.45, 2.75) is 12.5 Å². The minimum Gasteiger partial charge on any atom is -0.319 e. The molecule has 1 aliphatic heterocycles. The average molecular weight is 183 g/mol. The van der Waals surface area contributed by atoms with Crippen LogP contribution in [0.2, 0.25) is 0 Å². The van der Waals surface area contributed by atoms with Crippen LogP contribution < -0.4 is 27.5 Å². The molecule has 6 N–H and O–H groups in total. The van der Waals surface area contributed by atoms with Crippen LogP contribution in [0.5, 0.6) is 0 Å². The third-order valence-electron chi connectivity index (χ3n) is 1.29. The minimum atomic E-state index is -0.838. The summed E-state index contributed by atoms with van der Waals surface area (Å²) >= 11 is 0. The second-order valence-electron chi connectivity index (χ2n) is 2.28. The molecule has 0 aromatic heterocycles. The summed E-state index contributed by atoms with van der Waals surface area (Å²) in [5, 5.41) is 14.2. The Kier molecular flexibility index (Phi) is 3.02. The lowest BCUT2D eigenvalue weighted by atomic mass is 10.2. The topological polar surface area (TPSA) is 127 Å². The Hall–Kier alpha value is -1.85. The van der Waals surface area contributed by atoms with Crippen molar-refractivity contribution in [2.24, 2.45) is 10.8 Å². The van der Waals surface area contributed by atoms with E-state index in [0.717, 1.165) is 0 Å². The molecule has 1 heterocycles. The fourth-order valence-corrected chi connectivity index (χ4v) is 0.659. The van der Waals surface area contributed by atoms with Crippen LogP contribution in [-0.4, -0.2) is 17.9 Å². The van der Waals surface area contributed by atoms with Crippen molar-refractivity contribution in [3.05, 3.63) is 0 Å². The van der Waals surface area contributed by atoms with Crippen LogP contribution >= 0.6 is 0 Å². The van der Waals surface area contributed by atoms with Crippen molar-refractivity contribution in [1.82, 2.24) is 21.8 Å². The lowest BCUT2D eigenvalue weighted by molar-refractivity contribution is -0.120. The second kappa shape index (κ2) is 4.24. The Balaban J connectivity index is 2.36. The number of hydrazine groups is 2. The van der Waals surface area contributed by atoms with Crippen LogP contribution in [-0.2, 0) is 4.79 Å². The molecule has 0 saturated carbocycles. The van der Waals surface area contributed by atoms with E-state index in [0.29, 0.717) is 0 Å². The molecule has 0 fully saturated rings. The maximum Gasteiger partial charge on any atom is 0.244 e. The highest BCUT2D eigenvalue weighted by molar-refractivity contribution is 5.99. The fourth-order valence-electron chi connectivity index (χ4n) is 0.659. The molecule has 0 aliphatic carbocycles. The van der Waals surface area contributed by atoms with Gasteiger partial charge in [0.05, 0.1) is 18.5 Å². The van der Waals surface area contributed by atoms with Crippen LogP contribution in [0.25, 0.3) is 0 Å². The van der Waals surface area contributed by atoms with Crippen LogP contribution in [0.4, 0.5) is 0 Å². The van der Waals surface area contributed by atoms with Crippen LogP contribution in [0, 0.1) is 11.3 Å². The number of hydrogen-bond acceptors (Lipinski definition) is 7. The minimum absolute atomic E-state index is 0.0278. The average Bonchev–Trinajstić information content (AvgIpc) is 2.57. The summed E-state index contributed by atoms with van der Waals surface area (Å²) in [6, 6.07) is 0.958. The first-order valence-corrected chi connectivity index (χ1v) is 3.51. The molecule has 0 saturated heterocycles. The molecule has 1 aliphatic rings. The van der Waals surface area contributed by atoms with E-state index in [1.165, 1.54) is 0 Å². The molecular formula is C5H9N7O. The highest BCUT2D eigenvalue weighted by atomic mass is 16.2. The summed E-state index contributed by atoms with van der Waals surface area (Å²) in [7, 11) is 0. The molecule has 8 heteroatoms. The van der Waals surface area contributed by atoms with Crippen LogP contribution in [0.3, 0.4) is 0 Å². The Labute approximate surface area is 74.1 Å². The number of amides is 1. The van der Waals surface area contributed by atoms with Crippen molar-refractivity contribution in [3.8, 4) is 6.07 Å². The first-order valence-electron chi connectivity index (χ1n) is 3.51. The molecule has 70 valence electrons. The van der Waals surface area contributed by atoms with Gasteiger partial charge in [0, 0.05) is 0 Å². The van der Waals surface area contributed by atoms with E-state index < -0.39 is 11.9 Å². The van der Waals surface area contributed by atoms with Crippen LogP contribution in [0.15, 0.2) is 5.10 Å². The lowest BCUT2D eigenvalue weighted by Crippen LogP contribution is -2.49. The van der Waals surface area contributed by atoms with Gasteiger partial charge in [0.15, 0.2) is 0 Å². The fraction of sp³-hybridized carbons (Fsp3) is 0.400. The molecule has 13 heavy (non-hydrogen) atoms. The van der Waals surface area contributed by atoms with Crippen molar-refractivity contribution in [3.63, 3.8) is 0 Å². The van der Waals surface area contributed by atoms with Crippen molar-refractivity contribution >= 4 is 11.9 Å². The van der Waals surface area contributed by atoms with Gasteiger partial charge in [-0.1, -0.05) is 0 Å². The quantitative estimate of drug-likeness (QED) is 0.315. The van der Waals surface area contributed by atoms with Gasteiger partial charge >= 0.3 is 0 Å². The van der Waals surface area contributed by atoms with Gasteiger partial charge in [0.2, 0.25) is 11.9 Å². The number of rotatable bonds is 2. The van der Waals surface area contributed by atoms with Gasteiger partial charge in [-0.15, -0.1) is 10.6 Å². The summed E-state index contributed by atoms with van der Waals surface area (Å²) < 4.78 is 0. The molecular weight excluding hydrogens is 174 g/mol. The summed E-state index contributed by atoms with van der Waals surface area (Å²) in [4.78, 5) is 11.1. The number of hydrogen-bond donors (Lipinski definition) is 5. The number of hydrazone groups is 1. The van der Waals surface area contributed by atoms with E-state index in [2.05, 4.69) is 26.9 Å². The highest BCUT2D eigenvalue weighted by Gasteiger charge is 2.15. The van der Waals surface area contributed by atoms with Gasteiger partial charge in [-0.25, -0.2) is 5.53 Å². The third kappa shape index (κ3) is 2.58. The van der Waals surface area contributed by atoms with E-state index >= 15 is 0 Å². The molecule has 0 aromatic rings. The molecule has 8 nitrogen and oxygen atoms in total. The van der Waals surface area contributed by atoms with E-state index in [-0.39, 0.29) is 12.4 Å². The Morgan fingerprint density at radius 1 is 1.85 bits per heavy atom. The highest BCUT2D eigenvalue weighted by Crippen LogP contribution is 1.85. The Bertz CT molecular complexity index is 267. The Morgan fingerprint density at radius 3 is 3.15 bits per heavy atom. The molecule has 1 amide bonds. The monoisotopic (exact) mass is 183 g/mol. The maximum absolute atomic E-state index is 11.1. The predicted octanol–water partition coefficient (Wildman–Crippen LogP) is -2.77. The summed E-state index contributed by atoms with van der Waals surface area (Å²) in [6.07, 6.45) is -0.0278. The smallest absolute Gasteiger partial charge is 0.244 e. The van der Waals surface area contributed by atoms with Gasteiger partial charge in [0.25, 0.3) is 0 Å². The molecule has 0 spiro atoms. The summed E-state index contributed by atoms with van der Waals surface area (Å²) in [5.41, 5.74) is 12.6. The number of nitrogens with zero attached hydrogens (tertiary/aromatic N) is 2. The number of nitriles is 1. The van der Waals surface area contributed by atoms with Gasteiger partial charge in [-0.3, -0.25) is 15.5 Å².